The van der Waals surface area contributed by atoms with Gasteiger partial charge in [0.15, 0.2) is 0 Å². The largest absolute Gasteiger partial charge is 0.478 e. The molecule has 0 unspecified atom stereocenters. The first-order valence-electron chi connectivity index (χ1n) is 7.22. The molecule has 0 bridgehead atoms. The summed E-state index contributed by atoms with van der Waals surface area (Å²) in [6, 6.07) is 7.08. The third-order valence-electron chi connectivity index (χ3n) is 3.55. The Morgan fingerprint density at radius 2 is 1.92 bits per heavy atom. The molecule has 0 aliphatic heterocycles. The summed E-state index contributed by atoms with van der Waals surface area (Å²) in [7, 11) is 0. The fraction of sp³-hybridized carbons (Fsp3) is 0.118. The van der Waals surface area contributed by atoms with Crippen molar-refractivity contribution in [3.8, 4) is 22.4 Å². The van der Waals surface area contributed by atoms with E-state index in [1.165, 1.54) is 16.8 Å². The van der Waals surface area contributed by atoms with Gasteiger partial charge in [-0.25, -0.2) is 9.18 Å². The Labute approximate surface area is 136 Å². The number of hydrogen-bond acceptors (Lipinski definition) is 4. The average molecular weight is 327 g/mol. The highest BCUT2D eigenvalue weighted by Crippen LogP contribution is 2.33. The minimum absolute atomic E-state index is 0.0120. The van der Waals surface area contributed by atoms with E-state index >= 15 is 0 Å². The maximum absolute atomic E-state index is 14.3. The van der Waals surface area contributed by atoms with Gasteiger partial charge in [-0.1, -0.05) is 0 Å². The number of halogens is 1. The molecule has 0 aliphatic rings. The van der Waals surface area contributed by atoms with Crippen molar-refractivity contribution >= 4 is 5.97 Å². The number of pyridine rings is 1. The first-order chi connectivity index (χ1) is 11.6. The average Bonchev–Trinajstić information content (AvgIpc) is 3.00. The van der Waals surface area contributed by atoms with Crippen LogP contribution in [0.15, 0.2) is 48.9 Å². The molecule has 0 saturated carbocycles. The summed E-state index contributed by atoms with van der Waals surface area (Å²) < 4.78 is 15.8. The number of aliphatic hydroxyl groups excluding tert-OH is 1. The van der Waals surface area contributed by atoms with E-state index in [0.717, 1.165) is 11.6 Å². The van der Waals surface area contributed by atoms with Gasteiger partial charge in [-0.3, -0.25) is 9.67 Å². The lowest BCUT2D eigenvalue weighted by atomic mass is 10.00. The molecular formula is C17H14FN3O3. The van der Waals surface area contributed by atoms with E-state index in [4.69, 9.17) is 10.2 Å². The van der Waals surface area contributed by atoms with Crippen LogP contribution in [-0.2, 0) is 6.54 Å². The van der Waals surface area contributed by atoms with E-state index in [2.05, 4.69) is 10.1 Å². The van der Waals surface area contributed by atoms with Crippen molar-refractivity contribution in [3.63, 3.8) is 0 Å². The lowest BCUT2D eigenvalue weighted by Gasteiger charge is -2.05. The third kappa shape index (κ3) is 3.02. The van der Waals surface area contributed by atoms with Crippen molar-refractivity contribution in [1.82, 2.24) is 14.8 Å². The van der Waals surface area contributed by atoms with Gasteiger partial charge in [-0.05, 0) is 30.3 Å². The van der Waals surface area contributed by atoms with Crippen molar-refractivity contribution in [2.24, 2.45) is 0 Å². The predicted octanol–water partition coefficient (Wildman–Crippen LogP) is 2.44. The second-order valence-corrected chi connectivity index (χ2v) is 5.11. The fourth-order valence-electron chi connectivity index (χ4n) is 2.42. The molecule has 3 aromatic rings. The van der Waals surface area contributed by atoms with E-state index in [9.17, 15) is 9.18 Å². The topological polar surface area (TPSA) is 88.2 Å². The zero-order valence-corrected chi connectivity index (χ0v) is 12.6. The van der Waals surface area contributed by atoms with Gasteiger partial charge in [0.25, 0.3) is 0 Å². The molecule has 7 heteroatoms. The highest BCUT2D eigenvalue weighted by atomic mass is 19.1. The summed E-state index contributed by atoms with van der Waals surface area (Å²) in [5.74, 6) is -1.68. The Morgan fingerprint density at radius 1 is 1.17 bits per heavy atom. The Bertz CT molecular complexity index is 878. The van der Waals surface area contributed by atoms with Crippen LogP contribution in [0.5, 0.6) is 0 Å². The number of aromatic carboxylic acids is 1. The van der Waals surface area contributed by atoms with Crippen molar-refractivity contribution < 1.29 is 19.4 Å². The summed E-state index contributed by atoms with van der Waals surface area (Å²) in [6.45, 7) is 0.132. The van der Waals surface area contributed by atoms with Gasteiger partial charge in [0, 0.05) is 35.3 Å². The van der Waals surface area contributed by atoms with Crippen LogP contribution in [0.25, 0.3) is 22.4 Å². The second kappa shape index (κ2) is 6.59. The molecule has 2 N–H and O–H groups in total. The monoisotopic (exact) mass is 327 g/mol. The molecule has 0 amide bonds. The number of aromatic nitrogens is 3. The van der Waals surface area contributed by atoms with Gasteiger partial charge in [0.2, 0.25) is 0 Å². The summed E-state index contributed by atoms with van der Waals surface area (Å²) in [5.41, 5.74) is 1.80. The number of carboxylic acid groups (broad SMARTS) is 1. The molecule has 6 nitrogen and oxygen atoms in total. The van der Waals surface area contributed by atoms with Crippen molar-refractivity contribution in [1.29, 1.82) is 0 Å². The number of carboxylic acids is 1. The zero-order valence-electron chi connectivity index (χ0n) is 12.6. The summed E-state index contributed by atoms with van der Waals surface area (Å²) in [5, 5.41) is 22.6. The van der Waals surface area contributed by atoms with Gasteiger partial charge in [-0.15, -0.1) is 0 Å². The van der Waals surface area contributed by atoms with Crippen LogP contribution in [0.2, 0.25) is 0 Å². The zero-order chi connectivity index (χ0) is 17.1. The Hall–Kier alpha value is -3.06. The standard InChI is InChI=1S/C17H14FN3O3/c18-15-2-1-12(17(23)24)9-13(15)14-10-21(7-8-22)20-16(14)11-3-5-19-6-4-11/h1-6,9-10,22H,7-8H2,(H,23,24). The molecule has 0 aliphatic carbocycles. The highest BCUT2D eigenvalue weighted by molar-refractivity contribution is 5.91. The Morgan fingerprint density at radius 3 is 2.58 bits per heavy atom. The smallest absolute Gasteiger partial charge is 0.335 e. The summed E-state index contributed by atoms with van der Waals surface area (Å²) in [4.78, 5) is 15.1. The van der Waals surface area contributed by atoms with Gasteiger partial charge in [0.05, 0.1) is 18.7 Å². The highest BCUT2D eigenvalue weighted by Gasteiger charge is 2.18. The molecule has 2 heterocycles. The minimum Gasteiger partial charge on any atom is -0.478 e. The second-order valence-electron chi connectivity index (χ2n) is 5.11. The molecule has 122 valence electrons. The van der Waals surface area contributed by atoms with E-state index in [1.54, 1.807) is 30.7 Å². The first-order valence-corrected chi connectivity index (χ1v) is 7.22. The van der Waals surface area contributed by atoms with Crippen LogP contribution in [0.1, 0.15) is 10.4 Å². The van der Waals surface area contributed by atoms with Crippen LogP contribution in [0.3, 0.4) is 0 Å². The number of carbonyl (C=O) groups is 1. The predicted molar refractivity (Wildman–Crippen MR) is 84.9 cm³/mol. The van der Waals surface area contributed by atoms with Crippen LogP contribution >= 0.6 is 0 Å². The molecule has 0 fully saturated rings. The normalized spacial score (nSPS) is 10.8. The number of aliphatic hydroxyl groups is 1. The number of hydrogen-bond donors (Lipinski definition) is 2. The number of nitrogens with zero attached hydrogens (tertiary/aromatic N) is 3. The molecule has 0 spiro atoms. The van der Waals surface area contributed by atoms with Gasteiger partial charge >= 0.3 is 5.97 Å². The lowest BCUT2D eigenvalue weighted by molar-refractivity contribution is 0.0697. The Kier molecular flexibility index (Phi) is 4.35. The molecule has 3 rings (SSSR count). The van der Waals surface area contributed by atoms with Crippen molar-refractivity contribution in [3.05, 3.63) is 60.3 Å². The summed E-state index contributed by atoms with van der Waals surface area (Å²) in [6.07, 6.45) is 4.78. The SMILES string of the molecule is O=C(O)c1ccc(F)c(-c2cn(CCO)nc2-c2ccncc2)c1. The molecular weight excluding hydrogens is 313 g/mol. The Balaban J connectivity index is 2.20. The third-order valence-corrected chi connectivity index (χ3v) is 3.55. The maximum atomic E-state index is 14.3. The lowest BCUT2D eigenvalue weighted by Crippen LogP contribution is -2.02. The first kappa shape index (κ1) is 15.8. The van der Waals surface area contributed by atoms with Gasteiger partial charge in [-0.2, -0.15) is 5.10 Å². The molecule has 0 saturated heterocycles. The maximum Gasteiger partial charge on any atom is 0.335 e. The van der Waals surface area contributed by atoms with E-state index < -0.39 is 11.8 Å². The van der Waals surface area contributed by atoms with Gasteiger partial charge in [0.1, 0.15) is 11.5 Å². The van der Waals surface area contributed by atoms with Crippen LogP contribution in [0.4, 0.5) is 4.39 Å². The van der Waals surface area contributed by atoms with Crippen LogP contribution in [0, 0.1) is 5.82 Å². The molecule has 24 heavy (non-hydrogen) atoms. The molecule has 2 aromatic heterocycles. The van der Waals surface area contributed by atoms with Crippen molar-refractivity contribution in [2.75, 3.05) is 6.61 Å². The van der Waals surface area contributed by atoms with Crippen molar-refractivity contribution in [2.45, 2.75) is 6.54 Å². The van der Waals surface area contributed by atoms with E-state index in [1.807, 2.05) is 0 Å². The van der Waals surface area contributed by atoms with E-state index in [0.29, 0.717) is 11.3 Å². The molecule has 1 aromatic carbocycles. The molecule has 0 radical (unpaired) electrons. The van der Waals surface area contributed by atoms with E-state index in [-0.39, 0.29) is 24.3 Å². The minimum atomic E-state index is -1.13. The van der Waals surface area contributed by atoms with Gasteiger partial charge < -0.3 is 10.2 Å². The molecule has 0 atom stereocenters. The fourth-order valence-corrected chi connectivity index (χ4v) is 2.42. The van der Waals surface area contributed by atoms with Crippen LogP contribution < -0.4 is 0 Å². The van der Waals surface area contributed by atoms with Crippen LogP contribution in [-0.4, -0.2) is 37.6 Å². The quantitative estimate of drug-likeness (QED) is 0.751. The number of rotatable bonds is 5. The number of benzene rings is 1. The summed E-state index contributed by atoms with van der Waals surface area (Å²) >= 11 is 0.